The highest BCUT2D eigenvalue weighted by Crippen LogP contribution is 2.24. The van der Waals surface area contributed by atoms with Gasteiger partial charge < -0.3 is 10.2 Å². The summed E-state index contributed by atoms with van der Waals surface area (Å²) in [6.07, 6.45) is 0. The summed E-state index contributed by atoms with van der Waals surface area (Å²) in [7, 11) is 0. The zero-order chi connectivity index (χ0) is 23.2. The Hall–Kier alpha value is -2.93. The standard InChI is InChI=1S/C25H21Cl2FN4S/c26-21-12-7-13-22(28)20(21)17-32-24(14-23(27)30-32)29-25(33)31(15-18-8-3-1-4-9-18)16-19-10-5-2-6-11-19/h1-14H,15-17H2,(H,29,33). The van der Waals surface area contributed by atoms with E-state index < -0.39 is 5.82 Å². The maximum Gasteiger partial charge on any atom is 0.175 e. The zero-order valence-electron chi connectivity index (χ0n) is 17.6. The number of rotatable bonds is 7. The summed E-state index contributed by atoms with van der Waals surface area (Å²) in [4.78, 5) is 2.06. The van der Waals surface area contributed by atoms with Crippen LogP contribution in [0.25, 0.3) is 0 Å². The maximum absolute atomic E-state index is 14.3. The van der Waals surface area contributed by atoms with Crippen molar-refractivity contribution < 1.29 is 4.39 Å². The number of halogens is 3. The molecule has 4 aromatic rings. The van der Waals surface area contributed by atoms with Gasteiger partial charge in [0.15, 0.2) is 10.3 Å². The van der Waals surface area contributed by atoms with Crippen molar-refractivity contribution in [3.8, 4) is 0 Å². The lowest BCUT2D eigenvalue weighted by Gasteiger charge is -2.26. The summed E-state index contributed by atoms with van der Waals surface area (Å²) in [6.45, 7) is 1.34. The van der Waals surface area contributed by atoms with Gasteiger partial charge in [-0.15, -0.1) is 0 Å². The molecule has 0 unspecified atom stereocenters. The van der Waals surface area contributed by atoms with E-state index in [0.717, 1.165) is 11.1 Å². The van der Waals surface area contributed by atoms with Gasteiger partial charge in [-0.2, -0.15) is 5.10 Å². The molecule has 168 valence electrons. The van der Waals surface area contributed by atoms with Gasteiger partial charge in [0.1, 0.15) is 11.6 Å². The van der Waals surface area contributed by atoms with E-state index in [0.29, 0.717) is 34.6 Å². The van der Waals surface area contributed by atoms with E-state index in [1.165, 1.54) is 6.07 Å². The minimum absolute atomic E-state index is 0.112. The van der Waals surface area contributed by atoms with Crippen molar-refractivity contribution in [3.63, 3.8) is 0 Å². The highest BCUT2D eigenvalue weighted by atomic mass is 35.5. The van der Waals surface area contributed by atoms with Gasteiger partial charge in [-0.05, 0) is 35.5 Å². The molecule has 4 rings (SSSR count). The van der Waals surface area contributed by atoms with Crippen molar-refractivity contribution in [3.05, 3.63) is 118 Å². The first-order valence-corrected chi connectivity index (χ1v) is 11.5. The molecule has 0 saturated heterocycles. The molecule has 0 atom stereocenters. The molecule has 0 spiro atoms. The van der Waals surface area contributed by atoms with Crippen molar-refractivity contribution in [2.45, 2.75) is 19.6 Å². The largest absolute Gasteiger partial charge is 0.340 e. The summed E-state index contributed by atoms with van der Waals surface area (Å²) < 4.78 is 15.9. The van der Waals surface area contributed by atoms with E-state index in [4.69, 9.17) is 35.4 Å². The summed E-state index contributed by atoms with van der Waals surface area (Å²) >= 11 is 18.2. The van der Waals surface area contributed by atoms with Gasteiger partial charge in [0.2, 0.25) is 0 Å². The predicted molar refractivity (Wildman–Crippen MR) is 136 cm³/mol. The van der Waals surface area contributed by atoms with Crippen LogP contribution < -0.4 is 5.32 Å². The van der Waals surface area contributed by atoms with Gasteiger partial charge in [0, 0.05) is 29.7 Å². The Balaban J connectivity index is 1.57. The first-order chi connectivity index (χ1) is 16.0. The van der Waals surface area contributed by atoms with Gasteiger partial charge in [-0.3, -0.25) is 0 Å². The van der Waals surface area contributed by atoms with Crippen molar-refractivity contribution >= 4 is 46.4 Å². The molecule has 3 aromatic carbocycles. The monoisotopic (exact) mass is 498 g/mol. The number of anilines is 1. The van der Waals surface area contributed by atoms with E-state index in [1.54, 1.807) is 22.9 Å². The van der Waals surface area contributed by atoms with Gasteiger partial charge >= 0.3 is 0 Å². The van der Waals surface area contributed by atoms with E-state index in [9.17, 15) is 4.39 Å². The number of hydrogen-bond donors (Lipinski definition) is 1. The van der Waals surface area contributed by atoms with Crippen LogP contribution in [0, 0.1) is 5.82 Å². The maximum atomic E-state index is 14.3. The number of benzene rings is 3. The molecule has 33 heavy (non-hydrogen) atoms. The van der Waals surface area contributed by atoms with Crippen LogP contribution in [0.1, 0.15) is 16.7 Å². The smallest absolute Gasteiger partial charge is 0.175 e. The Morgan fingerprint density at radius 1 is 0.909 bits per heavy atom. The van der Waals surface area contributed by atoms with Crippen molar-refractivity contribution in [1.29, 1.82) is 0 Å². The van der Waals surface area contributed by atoms with Gasteiger partial charge in [0.25, 0.3) is 0 Å². The van der Waals surface area contributed by atoms with Crippen LogP contribution in [0.15, 0.2) is 84.9 Å². The molecule has 1 aromatic heterocycles. The van der Waals surface area contributed by atoms with Crippen LogP contribution in [0.4, 0.5) is 10.2 Å². The number of nitrogens with zero attached hydrogens (tertiary/aromatic N) is 3. The number of nitrogens with one attached hydrogen (secondary N) is 1. The van der Waals surface area contributed by atoms with Crippen LogP contribution >= 0.6 is 35.4 Å². The first kappa shape index (κ1) is 23.2. The van der Waals surface area contributed by atoms with Crippen molar-refractivity contribution in [2.75, 3.05) is 5.32 Å². The molecule has 0 bridgehead atoms. The number of thiocarbonyl (C=S) groups is 1. The molecule has 0 aliphatic rings. The molecule has 4 nitrogen and oxygen atoms in total. The Morgan fingerprint density at radius 3 is 2.09 bits per heavy atom. The Morgan fingerprint density at radius 2 is 1.52 bits per heavy atom. The highest BCUT2D eigenvalue weighted by Gasteiger charge is 2.17. The third kappa shape index (κ3) is 6.11. The third-order valence-electron chi connectivity index (χ3n) is 5.07. The molecular weight excluding hydrogens is 478 g/mol. The molecule has 0 aliphatic carbocycles. The van der Waals surface area contributed by atoms with Gasteiger partial charge in [-0.1, -0.05) is 89.9 Å². The second-order valence-corrected chi connectivity index (χ2v) is 8.65. The molecule has 0 saturated carbocycles. The topological polar surface area (TPSA) is 33.1 Å². The molecule has 1 heterocycles. The van der Waals surface area contributed by atoms with Crippen molar-refractivity contribution in [2.24, 2.45) is 0 Å². The third-order valence-corrected chi connectivity index (χ3v) is 5.97. The van der Waals surface area contributed by atoms with E-state index in [2.05, 4.69) is 39.6 Å². The normalized spacial score (nSPS) is 10.8. The summed E-state index contributed by atoms with van der Waals surface area (Å²) in [5.74, 6) is 0.146. The van der Waals surface area contributed by atoms with Gasteiger partial charge in [0.05, 0.1) is 6.54 Å². The second-order valence-electron chi connectivity index (χ2n) is 7.47. The summed E-state index contributed by atoms with van der Waals surface area (Å²) in [5, 5.41) is 8.62. The molecule has 1 N–H and O–H groups in total. The molecule has 0 amide bonds. The first-order valence-electron chi connectivity index (χ1n) is 10.3. The fraction of sp³-hybridized carbons (Fsp3) is 0.120. The second kappa shape index (κ2) is 10.8. The summed E-state index contributed by atoms with van der Waals surface area (Å²) in [5.41, 5.74) is 2.59. The minimum Gasteiger partial charge on any atom is -0.340 e. The molecule has 0 radical (unpaired) electrons. The highest BCUT2D eigenvalue weighted by molar-refractivity contribution is 7.80. The van der Waals surface area contributed by atoms with Crippen LogP contribution in [0.3, 0.4) is 0 Å². The predicted octanol–water partition coefficient (Wildman–Crippen LogP) is 6.78. The fourth-order valence-corrected chi connectivity index (χ4v) is 4.09. The van der Waals surface area contributed by atoms with Crippen LogP contribution in [-0.2, 0) is 19.6 Å². The Kier molecular flexibility index (Phi) is 7.60. The minimum atomic E-state index is -0.405. The lowest BCUT2D eigenvalue weighted by atomic mass is 10.2. The number of aromatic nitrogens is 2. The van der Waals surface area contributed by atoms with Crippen LogP contribution in [-0.4, -0.2) is 19.8 Å². The van der Waals surface area contributed by atoms with Crippen LogP contribution in [0.2, 0.25) is 10.2 Å². The van der Waals surface area contributed by atoms with E-state index >= 15 is 0 Å². The molecule has 0 aliphatic heterocycles. The number of hydrogen-bond acceptors (Lipinski definition) is 2. The van der Waals surface area contributed by atoms with E-state index in [1.807, 2.05) is 36.4 Å². The lowest BCUT2D eigenvalue weighted by molar-refractivity contribution is 0.412. The Bertz CT molecular complexity index is 1170. The molecule has 0 fully saturated rings. The Labute approximate surface area is 207 Å². The fourth-order valence-electron chi connectivity index (χ4n) is 3.44. The van der Waals surface area contributed by atoms with Crippen molar-refractivity contribution in [1.82, 2.24) is 14.7 Å². The average molecular weight is 499 g/mol. The lowest BCUT2D eigenvalue weighted by Crippen LogP contribution is -2.34. The quantitative estimate of drug-likeness (QED) is 0.284. The zero-order valence-corrected chi connectivity index (χ0v) is 19.9. The SMILES string of the molecule is Fc1cccc(Cl)c1Cn1nc(Cl)cc1NC(=S)N(Cc1ccccc1)Cc1ccccc1. The molecule has 8 heteroatoms. The molecular formula is C25H21Cl2FN4S. The average Bonchev–Trinajstić information content (AvgIpc) is 3.15. The van der Waals surface area contributed by atoms with Gasteiger partial charge in [-0.25, -0.2) is 9.07 Å². The van der Waals surface area contributed by atoms with Crippen LogP contribution in [0.5, 0.6) is 0 Å². The van der Waals surface area contributed by atoms with E-state index in [-0.39, 0.29) is 11.7 Å². The summed E-state index contributed by atoms with van der Waals surface area (Å²) in [6, 6.07) is 26.4.